The van der Waals surface area contributed by atoms with Crippen LogP contribution in [0.5, 0.6) is 0 Å². The molecule has 0 saturated carbocycles. The lowest BCUT2D eigenvalue weighted by Crippen LogP contribution is -2.02. The molecule has 96 valence electrons. The van der Waals surface area contributed by atoms with Gasteiger partial charge >= 0.3 is 0 Å². The molecule has 3 aromatic rings. The summed E-state index contributed by atoms with van der Waals surface area (Å²) in [5, 5.41) is 3.13. The number of aromatic nitrogens is 4. The molecule has 6 heteroatoms. The molecule has 3 heterocycles. The summed E-state index contributed by atoms with van der Waals surface area (Å²) in [6.45, 7) is 0.854. The van der Waals surface area contributed by atoms with Crippen molar-refractivity contribution in [2.45, 2.75) is 13.0 Å². The molecule has 0 aliphatic heterocycles. The number of nitrogen functional groups attached to an aromatic ring is 1. The number of thiazole rings is 1. The zero-order valence-corrected chi connectivity index (χ0v) is 11.0. The molecular formula is C13H13N5S. The van der Waals surface area contributed by atoms with E-state index in [9.17, 15) is 0 Å². The summed E-state index contributed by atoms with van der Waals surface area (Å²) in [5.74, 6) is 0.526. The van der Waals surface area contributed by atoms with Gasteiger partial charge in [-0.3, -0.25) is 0 Å². The largest absolute Gasteiger partial charge is 0.384 e. The van der Waals surface area contributed by atoms with Gasteiger partial charge in [0.05, 0.1) is 23.2 Å². The maximum absolute atomic E-state index is 5.60. The van der Waals surface area contributed by atoms with E-state index in [1.165, 1.54) is 0 Å². The fourth-order valence-corrected chi connectivity index (χ4v) is 2.50. The molecule has 0 radical (unpaired) electrons. The summed E-state index contributed by atoms with van der Waals surface area (Å²) >= 11 is 1.67. The van der Waals surface area contributed by atoms with E-state index in [4.69, 9.17) is 5.73 Å². The molecule has 0 aromatic carbocycles. The van der Waals surface area contributed by atoms with Gasteiger partial charge in [0.1, 0.15) is 5.82 Å². The van der Waals surface area contributed by atoms with Gasteiger partial charge in [0.15, 0.2) is 0 Å². The molecule has 5 nitrogen and oxygen atoms in total. The van der Waals surface area contributed by atoms with E-state index >= 15 is 0 Å². The first-order chi connectivity index (χ1) is 9.33. The van der Waals surface area contributed by atoms with Crippen molar-refractivity contribution < 1.29 is 0 Å². The van der Waals surface area contributed by atoms with Crippen LogP contribution in [0.2, 0.25) is 0 Å². The Morgan fingerprint density at radius 1 is 1.21 bits per heavy atom. The SMILES string of the molecule is Nc1ccc(-c2cncn2CCc2nccs2)cn1. The minimum atomic E-state index is 0.526. The van der Waals surface area contributed by atoms with Gasteiger partial charge in [-0.2, -0.15) is 0 Å². The molecule has 0 fully saturated rings. The molecule has 0 unspecified atom stereocenters. The minimum Gasteiger partial charge on any atom is -0.384 e. The van der Waals surface area contributed by atoms with Crippen LogP contribution in [-0.2, 0) is 13.0 Å². The molecule has 2 N–H and O–H groups in total. The predicted octanol–water partition coefficient (Wildman–Crippen LogP) is 2.23. The third-order valence-electron chi connectivity index (χ3n) is 2.84. The van der Waals surface area contributed by atoms with Crippen LogP contribution in [0.1, 0.15) is 5.01 Å². The van der Waals surface area contributed by atoms with Crippen LogP contribution in [-0.4, -0.2) is 19.5 Å². The van der Waals surface area contributed by atoms with Gasteiger partial charge in [-0.25, -0.2) is 15.0 Å². The average Bonchev–Trinajstić information content (AvgIpc) is 3.08. The molecular weight excluding hydrogens is 258 g/mol. The molecule has 0 spiro atoms. The molecule has 0 amide bonds. The van der Waals surface area contributed by atoms with Crippen LogP contribution in [0.15, 0.2) is 42.4 Å². The Morgan fingerprint density at radius 2 is 2.16 bits per heavy atom. The van der Waals surface area contributed by atoms with Crippen LogP contribution in [0, 0.1) is 0 Å². The van der Waals surface area contributed by atoms with Gasteiger partial charge in [0.2, 0.25) is 0 Å². The maximum atomic E-state index is 5.60. The number of anilines is 1. The molecule has 0 bridgehead atoms. The highest BCUT2D eigenvalue weighted by Gasteiger charge is 2.06. The number of nitrogens with two attached hydrogens (primary N) is 1. The van der Waals surface area contributed by atoms with Crippen molar-refractivity contribution in [3.05, 3.63) is 47.4 Å². The topological polar surface area (TPSA) is 69.6 Å². The molecule has 19 heavy (non-hydrogen) atoms. The average molecular weight is 271 g/mol. The predicted molar refractivity (Wildman–Crippen MR) is 75.7 cm³/mol. The molecule has 3 rings (SSSR count). The second-order valence-corrected chi connectivity index (χ2v) is 5.10. The quantitative estimate of drug-likeness (QED) is 0.790. The molecule has 0 aliphatic rings. The second-order valence-electron chi connectivity index (χ2n) is 4.12. The van der Waals surface area contributed by atoms with Crippen LogP contribution in [0.4, 0.5) is 5.82 Å². The lowest BCUT2D eigenvalue weighted by Gasteiger charge is -2.07. The summed E-state index contributed by atoms with van der Waals surface area (Å²) < 4.78 is 2.11. The number of nitrogens with zero attached hydrogens (tertiary/aromatic N) is 4. The summed E-state index contributed by atoms with van der Waals surface area (Å²) in [5.41, 5.74) is 7.67. The van der Waals surface area contributed by atoms with Gasteiger partial charge < -0.3 is 10.3 Å². The number of aryl methyl sites for hydroxylation is 2. The number of imidazole rings is 1. The third kappa shape index (κ3) is 2.63. The van der Waals surface area contributed by atoms with Gasteiger partial charge in [0.25, 0.3) is 0 Å². The molecule has 0 saturated heterocycles. The van der Waals surface area contributed by atoms with Gasteiger partial charge in [-0.1, -0.05) is 0 Å². The highest BCUT2D eigenvalue weighted by atomic mass is 32.1. The first-order valence-electron chi connectivity index (χ1n) is 5.93. The van der Waals surface area contributed by atoms with Crippen molar-refractivity contribution in [3.8, 4) is 11.3 Å². The van der Waals surface area contributed by atoms with Gasteiger partial charge in [-0.05, 0) is 12.1 Å². The zero-order chi connectivity index (χ0) is 13.1. The normalized spacial score (nSPS) is 10.7. The van der Waals surface area contributed by atoms with E-state index in [2.05, 4.69) is 19.5 Å². The molecule has 0 atom stereocenters. The summed E-state index contributed by atoms with van der Waals surface area (Å²) in [6, 6.07) is 3.76. The Labute approximate surface area is 114 Å². The Morgan fingerprint density at radius 3 is 2.89 bits per heavy atom. The highest BCUT2D eigenvalue weighted by molar-refractivity contribution is 7.09. The Bertz CT molecular complexity index is 642. The van der Waals surface area contributed by atoms with Crippen molar-refractivity contribution in [3.63, 3.8) is 0 Å². The first kappa shape index (κ1) is 11.9. The van der Waals surface area contributed by atoms with E-state index in [-0.39, 0.29) is 0 Å². The Kier molecular flexibility index (Phi) is 3.24. The van der Waals surface area contributed by atoms with Crippen LogP contribution in [0.25, 0.3) is 11.3 Å². The fourth-order valence-electron chi connectivity index (χ4n) is 1.89. The summed E-state index contributed by atoms with van der Waals surface area (Å²) in [6.07, 6.45) is 8.18. The van der Waals surface area contributed by atoms with Crippen molar-refractivity contribution in [1.82, 2.24) is 19.5 Å². The maximum Gasteiger partial charge on any atom is 0.123 e. The first-order valence-corrected chi connectivity index (χ1v) is 6.81. The van der Waals surface area contributed by atoms with Crippen LogP contribution < -0.4 is 5.73 Å². The smallest absolute Gasteiger partial charge is 0.123 e. The Hall–Kier alpha value is -2.21. The fraction of sp³-hybridized carbons (Fsp3) is 0.154. The van der Waals surface area contributed by atoms with E-state index < -0.39 is 0 Å². The molecule has 3 aromatic heterocycles. The highest BCUT2D eigenvalue weighted by Crippen LogP contribution is 2.19. The summed E-state index contributed by atoms with van der Waals surface area (Å²) in [4.78, 5) is 12.6. The third-order valence-corrected chi connectivity index (χ3v) is 3.68. The van der Waals surface area contributed by atoms with E-state index in [0.717, 1.165) is 29.2 Å². The number of hydrogen-bond donors (Lipinski definition) is 1. The van der Waals surface area contributed by atoms with Crippen molar-refractivity contribution in [1.29, 1.82) is 0 Å². The number of hydrogen-bond acceptors (Lipinski definition) is 5. The van der Waals surface area contributed by atoms with Crippen molar-refractivity contribution in [2.75, 3.05) is 5.73 Å². The van der Waals surface area contributed by atoms with E-state index in [1.54, 1.807) is 23.6 Å². The van der Waals surface area contributed by atoms with Crippen molar-refractivity contribution >= 4 is 17.2 Å². The van der Waals surface area contributed by atoms with Gasteiger partial charge in [0, 0.05) is 36.3 Å². The van der Waals surface area contributed by atoms with Crippen LogP contribution in [0.3, 0.4) is 0 Å². The monoisotopic (exact) mass is 271 g/mol. The number of pyridine rings is 1. The Balaban J connectivity index is 1.80. The molecule has 0 aliphatic carbocycles. The zero-order valence-electron chi connectivity index (χ0n) is 10.2. The van der Waals surface area contributed by atoms with Gasteiger partial charge in [-0.15, -0.1) is 11.3 Å². The minimum absolute atomic E-state index is 0.526. The standard InChI is InChI=1S/C13H13N5S/c14-12-2-1-10(7-17-12)11-8-15-9-18(11)5-3-13-16-4-6-19-13/h1-2,4,6-9H,3,5H2,(H2,14,17). The van der Waals surface area contributed by atoms with Crippen LogP contribution >= 0.6 is 11.3 Å². The summed E-state index contributed by atoms with van der Waals surface area (Å²) in [7, 11) is 0. The van der Waals surface area contributed by atoms with E-state index in [0.29, 0.717) is 5.82 Å². The van der Waals surface area contributed by atoms with E-state index in [1.807, 2.05) is 30.2 Å². The number of rotatable bonds is 4. The lowest BCUT2D eigenvalue weighted by molar-refractivity contribution is 0.699. The lowest BCUT2D eigenvalue weighted by atomic mass is 10.2. The van der Waals surface area contributed by atoms with Crippen molar-refractivity contribution in [2.24, 2.45) is 0 Å². The second kappa shape index (κ2) is 5.19.